The van der Waals surface area contributed by atoms with Crippen LogP contribution in [0.2, 0.25) is 0 Å². The Morgan fingerprint density at radius 3 is 2.41 bits per heavy atom. The lowest BCUT2D eigenvalue weighted by Crippen LogP contribution is -2.41. The van der Waals surface area contributed by atoms with Gasteiger partial charge in [-0.2, -0.15) is 0 Å². The van der Waals surface area contributed by atoms with Gasteiger partial charge in [0.25, 0.3) is 0 Å². The number of hydrogen-bond acceptors (Lipinski definition) is 3. The number of aliphatic hydroxyl groups is 1. The van der Waals surface area contributed by atoms with Gasteiger partial charge in [0.1, 0.15) is 5.60 Å². The minimum atomic E-state index is -0.879. The Labute approximate surface area is 132 Å². The average Bonchev–Trinajstić information content (AvgIpc) is 2.78. The van der Waals surface area contributed by atoms with Crippen molar-refractivity contribution < 1.29 is 9.90 Å². The first-order valence-electron chi connectivity index (χ1n) is 8.45. The zero-order valence-electron chi connectivity index (χ0n) is 13.2. The standard InChI is InChI=1S/C18H26N2O2/c21-17(14-19-11-6-1-2-7-12-19)20-13-10-18(22,15-20)16-8-4-3-5-9-16/h3-5,8-9,22H,1-2,6-7,10-15H2/t18-/m1/s1. The van der Waals surface area contributed by atoms with Crippen LogP contribution in [0.15, 0.2) is 30.3 Å². The van der Waals surface area contributed by atoms with Gasteiger partial charge in [-0.25, -0.2) is 0 Å². The zero-order valence-corrected chi connectivity index (χ0v) is 13.2. The molecule has 0 spiro atoms. The van der Waals surface area contributed by atoms with Gasteiger partial charge in [-0.15, -0.1) is 0 Å². The van der Waals surface area contributed by atoms with Gasteiger partial charge in [0, 0.05) is 6.54 Å². The van der Waals surface area contributed by atoms with Crippen molar-refractivity contribution in [2.24, 2.45) is 0 Å². The Kier molecular flexibility index (Phi) is 4.79. The van der Waals surface area contributed by atoms with Gasteiger partial charge < -0.3 is 10.0 Å². The molecule has 3 rings (SSSR count). The molecule has 2 aliphatic heterocycles. The molecule has 2 fully saturated rings. The van der Waals surface area contributed by atoms with Crippen molar-refractivity contribution in [3.8, 4) is 0 Å². The van der Waals surface area contributed by atoms with E-state index in [1.807, 2.05) is 35.2 Å². The minimum Gasteiger partial charge on any atom is -0.383 e. The second-order valence-corrected chi connectivity index (χ2v) is 6.65. The Morgan fingerprint density at radius 1 is 1.05 bits per heavy atom. The topological polar surface area (TPSA) is 43.8 Å². The lowest BCUT2D eigenvalue weighted by molar-refractivity contribution is -0.132. The smallest absolute Gasteiger partial charge is 0.236 e. The fraction of sp³-hybridized carbons (Fsp3) is 0.611. The van der Waals surface area contributed by atoms with Crippen molar-refractivity contribution in [1.82, 2.24) is 9.80 Å². The molecule has 0 saturated carbocycles. The fourth-order valence-electron chi connectivity index (χ4n) is 3.58. The quantitative estimate of drug-likeness (QED) is 0.928. The normalized spacial score (nSPS) is 26.9. The predicted molar refractivity (Wildman–Crippen MR) is 86.4 cm³/mol. The third-order valence-corrected chi connectivity index (χ3v) is 4.97. The number of carbonyl (C=O) groups is 1. The molecule has 0 aliphatic carbocycles. The maximum Gasteiger partial charge on any atom is 0.236 e. The first-order chi connectivity index (χ1) is 10.7. The molecule has 1 atom stereocenters. The molecule has 1 aromatic carbocycles. The Balaban J connectivity index is 1.58. The lowest BCUT2D eigenvalue weighted by Gasteiger charge is -2.26. The molecule has 0 aromatic heterocycles. The predicted octanol–water partition coefficient (Wildman–Crippen LogP) is 1.98. The molecule has 1 amide bonds. The summed E-state index contributed by atoms with van der Waals surface area (Å²) in [7, 11) is 0. The van der Waals surface area contributed by atoms with E-state index in [0.29, 0.717) is 26.1 Å². The van der Waals surface area contributed by atoms with Gasteiger partial charge in [0.05, 0.1) is 13.1 Å². The van der Waals surface area contributed by atoms with Crippen molar-refractivity contribution in [2.45, 2.75) is 37.7 Å². The Morgan fingerprint density at radius 2 is 1.73 bits per heavy atom. The van der Waals surface area contributed by atoms with E-state index >= 15 is 0 Å². The number of β-amino-alcohol motifs (C(OH)–C–C–N with tert-alkyl or cyclic N) is 1. The van der Waals surface area contributed by atoms with Crippen LogP contribution in [-0.2, 0) is 10.4 Å². The van der Waals surface area contributed by atoms with Gasteiger partial charge >= 0.3 is 0 Å². The van der Waals surface area contributed by atoms with E-state index in [9.17, 15) is 9.90 Å². The van der Waals surface area contributed by atoms with E-state index in [-0.39, 0.29) is 5.91 Å². The molecule has 0 unspecified atom stereocenters. The number of hydrogen-bond donors (Lipinski definition) is 1. The number of rotatable bonds is 3. The molecule has 2 saturated heterocycles. The summed E-state index contributed by atoms with van der Waals surface area (Å²) in [6, 6.07) is 9.72. The fourth-order valence-corrected chi connectivity index (χ4v) is 3.58. The van der Waals surface area contributed by atoms with Crippen molar-refractivity contribution in [1.29, 1.82) is 0 Å². The van der Waals surface area contributed by atoms with Crippen LogP contribution in [0.1, 0.15) is 37.7 Å². The third kappa shape index (κ3) is 3.50. The minimum absolute atomic E-state index is 0.161. The number of nitrogens with zero attached hydrogens (tertiary/aromatic N) is 2. The van der Waals surface area contributed by atoms with Crippen LogP contribution in [0.5, 0.6) is 0 Å². The molecule has 22 heavy (non-hydrogen) atoms. The highest BCUT2D eigenvalue weighted by molar-refractivity contribution is 5.78. The van der Waals surface area contributed by atoms with E-state index in [1.54, 1.807) is 0 Å². The number of amides is 1. The molecule has 1 N–H and O–H groups in total. The van der Waals surface area contributed by atoms with Crippen LogP contribution in [0.25, 0.3) is 0 Å². The SMILES string of the molecule is O=C(CN1CCCCCC1)N1CC[C@](O)(c2ccccc2)C1. The van der Waals surface area contributed by atoms with Gasteiger partial charge in [-0.05, 0) is 37.9 Å². The Bertz CT molecular complexity index is 497. The molecule has 0 radical (unpaired) electrons. The zero-order chi connectivity index (χ0) is 15.4. The summed E-state index contributed by atoms with van der Waals surface area (Å²) in [6.07, 6.45) is 5.58. The second kappa shape index (κ2) is 6.80. The molecule has 4 nitrogen and oxygen atoms in total. The second-order valence-electron chi connectivity index (χ2n) is 6.65. The average molecular weight is 302 g/mol. The van der Waals surface area contributed by atoms with Gasteiger partial charge in [-0.3, -0.25) is 9.69 Å². The summed E-state index contributed by atoms with van der Waals surface area (Å²) in [6.45, 7) is 3.64. The van der Waals surface area contributed by atoms with Crippen LogP contribution < -0.4 is 0 Å². The summed E-state index contributed by atoms with van der Waals surface area (Å²) in [5, 5.41) is 10.8. The first-order valence-corrected chi connectivity index (χ1v) is 8.45. The van der Waals surface area contributed by atoms with Crippen LogP contribution in [-0.4, -0.2) is 53.5 Å². The molecular formula is C18H26N2O2. The lowest BCUT2D eigenvalue weighted by atomic mass is 9.93. The first kappa shape index (κ1) is 15.5. The number of carbonyl (C=O) groups excluding carboxylic acids is 1. The summed E-state index contributed by atoms with van der Waals surface area (Å²) < 4.78 is 0. The van der Waals surface area contributed by atoms with Crippen molar-refractivity contribution in [2.75, 3.05) is 32.7 Å². The van der Waals surface area contributed by atoms with E-state index < -0.39 is 5.60 Å². The molecule has 0 bridgehead atoms. The molecule has 2 aliphatic rings. The van der Waals surface area contributed by atoms with Crippen LogP contribution in [0.3, 0.4) is 0 Å². The monoisotopic (exact) mass is 302 g/mol. The molecule has 4 heteroatoms. The van der Waals surface area contributed by atoms with E-state index in [1.165, 1.54) is 25.7 Å². The highest BCUT2D eigenvalue weighted by Crippen LogP contribution is 2.31. The van der Waals surface area contributed by atoms with Crippen molar-refractivity contribution >= 4 is 5.91 Å². The maximum atomic E-state index is 12.5. The molecule has 2 heterocycles. The molecule has 120 valence electrons. The molecule has 1 aromatic rings. The number of benzene rings is 1. The summed E-state index contributed by atoms with van der Waals surface area (Å²) in [5.74, 6) is 0.161. The van der Waals surface area contributed by atoms with Crippen LogP contribution in [0, 0.1) is 0 Å². The number of likely N-dealkylation sites (tertiary alicyclic amines) is 2. The van der Waals surface area contributed by atoms with Crippen LogP contribution >= 0.6 is 0 Å². The van der Waals surface area contributed by atoms with Gasteiger partial charge in [0.2, 0.25) is 5.91 Å². The highest BCUT2D eigenvalue weighted by atomic mass is 16.3. The van der Waals surface area contributed by atoms with Crippen molar-refractivity contribution in [3.05, 3.63) is 35.9 Å². The maximum absolute atomic E-state index is 12.5. The third-order valence-electron chi connectivity index (χ3n) is 4.97. The largest absolute Gasteiger partial charge is 0.383 e. The summed E-state index contributed by atoms with van der Waals surface area (Å²) >= 11 is 0. The Hall–Kier alpha value is -1.39. The van der Waals surface area contributed by atoms with E-state index in [2.05, 4.69) is 4.90 Å². The van der Waals surface area contributed by atoms with Gasteiger partial charge in [0.15, 0.2) is 0 Å². The summed E-state index contributed by atoms with van der Waals surface area (Å²) in [4.78, 5) is 16.6. The van der Waals surface area contributed by atoms with E-state index in [0.717, 1.165) is 18.7 Å². The summed E-state index contributed by atoms with van der Waals surface area (Å²) in [5.41, 5.74) is 0.0375. The van der Waals surface area contributed by atoms with E-state index in [4.69, 9.17) is 0 Å². The van der Waals surface area contributed by atoms with Crippen molar-refractivity contribution in [3.63, 3.8) is 0 Å². The highest BCUT2D eigenvalue weighted by Gasteiger charge is 2.39. The molecular weight excluding hydrogens is 276 g/mol. The van der Waals surface area contributed by atoms with Crippen LogP contribution in [0.4, 0.5) is 0 Å². The van der Waals surface area contributed by atoms with Gasteiger partial charge in [-0.1, -0.05) is 43.2 Å².